The second-order valence-electron chi connectivity index (χ2n) is 22.0. The summed E-state index contributed by atoms with van der Waals surface area (Å²) in [4.78, 5) is 0. The van der Waals surface area contributed by atoms with Crippen LogP contribution in [0, 0.1) is 0 Å². The highest BCUT2D eigenvalue weighted by Crippen LogP contribution is 2.98. The molecular weight excluding hydrogens is 808 g/mol. The quantitative estimate of drug-likeness (QED) is 0.218. The van der Waals surface area contributed by atoms with Gasteiger partial charge in [-0.15, -0.1) is 0 Å². The van der Waals surface area contributed by atoms with Gasteiger partial charge in [0.25, 0.3) is 0 Å². The molecule has 8 bridgehead atoms. The highest BCUT2D eigenvalue weighted by molar-refractivity contribution is 7.91. The fourth-order valence-corrected chi connectivity index (χ4v) is 32.6. The molecule has 0 spiro atoms. The summed E-state index contributed by atoms with van der Waals surface area (Å²) in [6, 6.07) is 0. The highest BCUT2D eigenvalue weighted by atomic mass is 31.3. The van der Waals surface area contributed by atoms with Crippen LogP contribution < -0.4 is 0 Å². The van der Waals surface area contributed by atoms with Crippen molar-refractivity contribution in [2.75, 3.05) is 0 Å². The van der Waals surface area contributed by atoms with Crippen molar-refractivity contribution in [1.29, 1.82) is 0 Å². The molecule has 0 saturated carbocycles. The predicted octanol–water partition coefficient (Wildman–Crippen LogP) is 14.7. The first-order valence-corrected chi connectivity index (χ1v) is 27.8. The van der Waals surface area contributed by atoms with Crippen LogP contribution in [0.1, 0.15) is 166 Å². The maximum Gasteiger partial charge on any atom is 0.208 e. The molecule has 14 aliphatic rings. The Balaban J connectivity index is 1.75. The van der Waals surface area contributed by atoms with Gasteiger partial charge in [-0.05, 0) is 166 Å². The first-order chi connectivity index (χ1) is 22.9. The SMILES string of the molecule is CC(C)(C)N1P2OP3N(C(C)(C)C)P(OP4N(C(C)(C)C)P(OP5N(C(C)(C)C)P(OP1N2C(C)(C)C)N5C(C)(C)C)N4C(C)(C)C)N3C(C)(C)C. The van der Waals surface area contributed by atoms with Crippen LogP contribution in [-0.4, -0.2) is 79.8 Å². The van der Waals surface area contributed by atoms with Crippen LogP contribution in [0.5, 0.6) is 0 Å². The van der Waals surface area contributed by atoms with Gasteiger partial charge in [0.15, 0.2) is 0 Å². The first kappa shape index (κ1) is 46.0. The predicted molar refractivity (Wildman–Crippen MR) is 232 cm³/mol. The Kier molecular flexibility index (Phi) is 12.6. The van der Waals surface area contributed by atoms with E-state index in [0.717, 1.165) is 0 Å². The Hall–Kier alpha value is 2.96. The molecule has 14 aliphatic heterocycles. The standard InChI is InChI=1S/C32H72N8O4P8/c1-25(2,3)33-45-34(26(4,5)6)46(33)42-48-37(29(13,14)15)50(38(48)30(16,17)18)44-52-39(31(19,20)21)51(40(52)32(22,23)24)43-49-35(27(7,8)9)47(41-45)36(49)28(10,11)12/h1-24H3. The zero-order valence-electron chi connectivity index (χ0n) is 36.8. The summed E-state index contributed by atoms with van der Waals surface area (Å²) >= 11 is 0. The van der Waals surface area contributed by atoms with Crippen LogP contribution in [0.3, 0.4) is 0 Å². The molecule has 0 amide bonds. The second-order valence-corrected chi connectivity index (χ2v) is 37.6. The zero-order chi connectivity index (χ0) is 40.1. The lowest BCUT2D eigenvalue weighted by molar-refractivity contribution is 0.179. The fourth-order valence-electron chi connectivity index (χ4n) is 5.96. The van der Waals surface area contributed by atoms with E-state index in [-0.39, 0.29) is 44.3 Å². The maximum absolute atomic E-state index is 7.66. The maximum atomic E-state index is 7.66. The monoisotopic (exact) mass is 880 g/mol. The van der Waals surface area contributed by atoms with Gasteiger partial charge in [-0.2, -0.15) is 35.5 Å². The van der Waals surface area contributed by atoms with E-state index < -0.39 is 67.6 Å². The molecule has 0 aromatic rings. The number of nitrogens with zero attached hydrogens (tertiary/aromatic N) is 8. The second kappa shape index (κ2) is 14.3. The summed E-state index contributed by atoms with van der Waals surface area (Å²) in [6.07, 6.45) is 0. The minimum absolute atomic E-state index is 0.166. The first-order valence-electron chi connectivity index (χ1n) is 18.4. The molecule has 20 heteroatoms. The molecule has 14 heterocycles. The molecule has 0 unspecified atom stereocenters. The van der Waals surface area contributed by atoms with Gasteiger partial charge in [0, 0.05) is 44.3 Å². The minimum Gasteiger partial charge on any atom is -0.275 e. The van der Waals surface area contributed by atoms with Crippen molar-refractivity contribution >= 4 is 67.6 Å². The van der Waals surface area contributed by atoms with Gasteiger partial charge in [0.2, 0.25) is 67.6 Å². The lowest BCUT2D eigenvalue weighted by Crippen LogP contribution is -2.59. The van der Waals surface area contributed by atoms with Crippen molar-refractivity contribution in [1.82, 2.24) is 35.5 Å². The minimum atomic E-state index is -1.16. The topological polar surface area (TPSA) is 62.8 Å². The lowest BCUT2D eigenvalue weighted by Gasteiger charge is -2.71. The molecule has 14 fully saturated rings. The number of hydrogen-bond donors (Lipinski definition) is 0. The summed E-state index contributed by atoms with van der Waals surface area (Å²) in [5, 5.41) is 0. The van der Waals surface area contributed by atoms with Gasteiger partial charge in [-0.3, -0.25) is 17.2 Å². The lowest BCUT2D eigenvalue weighted by atomic mass is 10.1. The van der Waals surface area contributed by atoms with E-state index in [9.17, 15) is 0 Å². The average Bonchev–Trinajstić information content (AvgIpc) is 2.73. The van der Waals surface area contributed by atoms with E-state index in [2.05, 4.69) is 202 Å². The van der Waals surface area contributed by atoms with Gasteiger partial charge in [0.1, 0.15) is 0 Å². The van der Waals surface area contributed by atoms with Gasteiger partial charge in [0.05, 0.1) is 0 Å². The van der Waals surface area contributed by atoms with Gasteiger partial charge in [-0.25, -0.2) is 0 Å². The van der Waals surface area contributed by atoms with Crippen molar-refractivity contribution in [2.45, 2.75) is 210 Å². The summed E-state index contributed by atoms with van der Waals surface area (Å²) in [5.41, 5.74) is -1.33. The van der Waals surface area contributed by atoms with Crippen molar-refractivity contribution in [3.05, 3.63) is 0 Å². The molecule has 0 aromatic heterocycles. The number of hydrogen-bond acceptors (Lipinski definition) is 12. The Morgan fingerprint density at radius 2 is 0.269 bits per heavy atom. The zero-order valence-corrected chi connectivity index (χ0v) is 43.9. The molecule has 0 aliphatic carbocycles. The molecule has 52 heavy (non-hydrogen) atoms. The van der Waals surface area contributed by atoms with E-state index >= 15 is 0 Å². The third-order valence-corrected chi connectivity index (χ3v) is 34.8. The Morgan fingerprint density at radius 1 is 0.192 bits per heavy atom. The molecule has 304 valence electrons. The summed E-state index contributed by atoms with van der Waals surface area (Å²) < 4.78 is 51.4. The smallest absolute Gasteiger partial charge is 0.208 e. The van der Waals surface area contributed by atoms with Gasteiger partial charge in [-0.1, -0.05) is 0 Å². The van der Waals surface area contributed by atoms with Crippen LogP contribution >= 0.6 is 67.6 Å². The third-order valence-electron chi connectivity index (χ3n) is 7.98. The molecule has 0 aromatic carbocycles. The van der Waals surface area contributed by atoms with Crippen LogP contribution in [0.25, 0.3) is 0 Å². The van der Waals surface area contributed by atoms with Crippen molar-refractivity contribution in [3.8, 4) is 0 Å². The normalized spacial score (nSPS) is 35.5. The third kappa shape index (κ3) is 8.34. The molecular formula is C32H72N8O4P8. The molecule has 14 saturated heterocycles. The van der Waals surface area contributed by atoms with E-state index in [1.807, 2.05) is 0 Å². The van der Waals surface area contributed by atoms with Crippen LogP contribution in [0.15, 0.2) is 0 Å². The van der Waals surface area contributed by atoms with E-state index in [4.69, 9.17) is 17.2 Å². The Labute approximate surface area is 329 Å². The van der Waals surface area contributed by atoms with Crippen LogP contribution in [0.2, 0.25) is 0 Å². The summed E-state index contributed by atoms with van der Waals surface area (Å²) in [7, 11) is -9.26. The van der Waals surface area contributed by atoms with E-state index in [1.165, 1.54) is 0 Å². The number of rotatable bonds is 0. The van der Waals surface area contributed by atoms with Gasteiger partial charge >= 0.3 is 0 Å². The van der Waals surface area contributed by atoms with Gasteiger partial charge < -0.3 is 0 Å². The Bertz CT molecular complexity index is 1010. The highest BCUT2D eigenvalue weighted by Gasteiger charge is 2.72. The molecule has 0 N–H and O–H groups in total. The molecule has 14 rings (SSSR count). The molecule has 0 atom stereocenters. The van der Waals surface area contributed by atoms with Crippen LogP contribution in [-0.2, 0) is 17.2 Å². The van der Waals surface area contributed by atoms with Crippen molar-refractivity contribution < 1.29 is 17.2 Å². The molecule has 12 nitrogen and oxygen atoms in total. The Morgan fingerprint density at radius 3 is 0.327 bits per heavy atom. The molecule has 0 radical (unpaired) electrons. The summed E-state index contributed by atoms with van der Waals surface area (Å²) in [6.45, 7) is 55.8. The van der Waals surface area contributed by atoms with Crippen molar-refractivity contribution in [2.24, 2.45) is 0 Å². The largest absolute Gasteiger partial charge is 0.275 e. The average molecular weight is 881 g/mol. The van der Waals surface area contributed by atoms with Crippen LogP contribution in [0.4, 0.5) is 0 Å². The fraction of sp³-hybridized carbons (Fsp3) is 1.00. The van der Waals surface area contributed by atoms with E-state index in [0.29, 0.717) is 0 Å². The van der Waals surface area contributed by atoms with Crippen molar-refractivity contribution in [3.63, 3.8) is 0 Å². The summed E-state index contributed by atoms with van der Waals surface area (Å²) in [5.74, 6) is 0. The van der Waals surface area contributed by atoms with E-state index in [1.54, 1.807) is 0 Å².